The number of thiazole rings is 1. The van der Waals surface area contributed by atoms with Crippen LogP contribution in [-0.2, 0) is 11.2 Å². The summed E-state index contributed by atoms with van der Waals surface area (Å²) in [7, 11) is 0. The van der Waals surface area contributed by atoms with Gasteiger partial charge in [0.15, 0.2) is 0 Å². The third kappa shape index (κ3) is 4.53. The summed E-state index contributed by atoms with van der Waals surface area (Å²) >= 11 is 1.58. The molecule has 0 radical (unpaired) electrons. The lowest BCUT2D eigenvalue weighted by Gasteiger charge is -2.07. The molecular formula is C11H18N2OS. The molecule has 0 spiro atoms. The first-order valence-corrected chi connectivity index (χ1v) is 6.18. The van der Waals surface area contributed by atoms with Gasteiger partial charge in [-0.2, -0.15) is 0 Å². The maximum absolute atomic E-state index is 11.6. The number of aromatic nitrogens is 1. The molecule has 0 fully saturated rings. The highest BCUT2D eigenvalue weighted by Crippen LogP contribution is 2.10. The maximum atomic E-state index is 11.6. The lowest BCUT2D eigenvalue weighted by Crippen LogP contribution is -2.24. The van der Waals surface area contributed by atoms with Crippen molar-refractivity contribution < 1.29 is 4.79 Å². The molecule has 1 unspecified atom stereocenters. The van der Waals surface area contributed by atoms with Crippen molar-refractivity contribution in [1.29, 1.82) is 0 Å². The topological polar surface area (TPSA) is 56.0 Å². The van der Waals surface area contributed by atoms with E-state index in [0.717, 1.165) is 23.5 Å². The molecule has 2 N–H and O–H groups in total. The van der Waals surface area contributed by atoms with Gasteiger partial charge in [-0.3, -0.25) is 4.79 Å². The van der Waals surface area contributed by atoms with Crippen LogP contribution in [0.1, 0.15) is 36.9 Å². The first-order chi connectivity index (χ1) is 7.11. The van der Waals surface area contributed by atoms with Crippen LogP contribution in [0.25, 0.3) is 0 Å². The van der Waals surface area contributed by atoms with Gasteiger partial charge in [0.2, 0.25) is 0 Å². The molecular weight excluding hydrogens is 208 g/mol. The SMILES string of the molecule is CCCC(N)CC(=O)Cc1csc(C)n1. The summed E-state index contributed by atoms with van der Waals surface area (Å²) in [4.78, 5) is 15.9. The molecule has 1 atom stereocenters. The summed E-state index contributed by atoms with van der Waals surface area (Å²) in [5.74, 6) is 0.196. The Balaban J connectivity index is 2.36. The smallest absolute Gasteiger partial charge is 0.140 e. The van der Waals surface area contributed by atoms with Crippen molar-refractivity contribution >= 4 is 17.1 Å². The van der Waals surface area contributed by atoms with Gasteiger partial charge in [0, 0.05) is 24.3 Å². The van der Waals surface area contributed by atoms with Crippen molar-refractivity contribution in [1.82, 2.24) is 4.98 Å². The summed E-state index contributed by atoms with van der Waals surface area (Å²) < 4.78 is 0. The number of nitrogens with two attached hydrogens (primary N) is 1. The van der Waals surface area contributed by atoms with E-state index in [-0.39, 0.29) is 11.8 Å². The average Bonchev–Trinajstić information content (AvgIpc) is 2.51. The van der Waals surface area contributed by atoms with Crippen LogP contribution in [0.5, 0.6) is 0 Å². The van der Waals surface area contributed by atoms with Gasteiger partial charge in [-0.25, -0.2) is 4.98 Å². The van der Waals surface area contributed by atoms with E-state index < -0.39 is 0 Å². The van der Waals surface area contributed by atoms with Crippen LogP contribution in [0.4, 0.5) is 0 Å². The van der Waals surface area contributed by atoms with Gasteiger partial charge in [0.1, 0.15) is 5.78 Å². The molecule has 4 heteroatoms. The molecule has 1 heterocycles. The van der Waals surface area contributed by atoms with Gasteiger partial charge in [-0.05, 0) is 13.3 Å². The predicted octanol–water partition coefficient (Wildman–Crippen LogP) is 2.08. The number of nitrogens with zero attached hydrogens (tertiary/aromatic N) is 1. The number of carbonyl (C=O) groups excluding carboxylic acids is 1. The molecule has 0 aliphatic carbocycles. The maximum Gasteiger partial charge on any atom is 0.140 e. The van der Waals surface area contributed by atoms with Crippen molar-refractivity contribution in [3.8, 4) is 0 Å². The third-order valence-electron chi connectivity index (χ3n) is 2.19. The van der Waals surface area contributed by atoms with Crippen LogP contribution in [0.3, 0.4) is 0 Å². The number of Topliss-reactive ketones (excluding diaryl/α,β-unsaturated/α-hetero) is 1. The van der Waals surface area contributed by atoms with E-state index in [1.54, 1.807) is 11.3 Å². The zero-order valence-electron chi connectivity index (χ0n) is 9.32. The Morgan fingerprint density at radius 3 is 2.93 bits per heavy atom. The summed E-state index contributed by atoms with van der Waals surface area (Å²) in [5.41, 5.74) is 6.69. The van der Waals surface area contributed by atoms with Crippen LogP contribution in [0, 0.1) is 6.92 Å². The van der Waals surface area contributed by atoms with E-state index in [9.17, 15) is 4.79 Å². The second-order valence-corrected chi connectivity index (χ2v) is 4.89. The van der Waals surface area contributed by atoms with Crippen LogP contribution < -0.4 is 5.73 Å². The Morgan fingerprint density at radius 1 is 1.67 bits per heavy atom. The average molecular weight is 226 g/mol. The quantitative estimate of drug-likeness (QED) is 0.808. The molecule has 0 amide bonds. The molecule has 0 saturated heterocycles. The number of aryl methyl sites for hydroxylation is 1. The van der Waals surface area contributed by atoms with E-state index in [1.165, 1.54) is 0 Å². The van der Waals surface area contributed by atoms with Crippen LogP contribution in [0.15, 0.2) is 5.38 Å². The molecule has 0 aromatic carbocycles. The minimum atomic E-state index is 0.0160. The van der Waals surface area contributed by atoms with Crippen LogP contribution >= 0.6 is 11.3 Å². The normalized spacial score (nSPS) is 12.7. The van der Waals surface area contributed by atoms with Gasteiger partial charge in [-0.1, -0.05) is 13.3 Å². The molecule has 1 aromatic rings. The minimum absolute atomic E-state index is 0.0160. The zero-order valence-corrected chi connectivity index (χ0v) is 10.1. The molecule has 0 saturated carbocycles. The number of ketones is 1. The molecule has 1 aromatic heterocycles. The second-order valence-electron chi connectivity index (χ2n) is 3.83. The van der Waals surface area contributed by atoms with Gasteiger partial charge in [0.25, 0.3) is 0 Å². The van der Waals surface area contributed by atoms with Crippen molar-refractivity contribution in [3.63, 3.8) is 0 Å². The fraction of sp³-hybridized carbons (Fsp3) is 0.636. The van der Waals surface area contributed by atoms with Crippen molar-refractivity contribution in [2.24, 2.45) is 5.73 Å². The Labute approximate surface area is 94.7 Å². The van der Waals surface area contributed by atoms with Gasteiger partial charge >= 0.3 is 0 Å². The number of carbonyl (C=O) groups is 1. The lowest BCUT2D eigenvalue weighted by atomic mass is 10.0. The Morgan fingerprint density at radius 2 is 2.40 bits per heavy atom. The summed E-state index contributed by atoms with van der Waals surface area (Å²) in [6.07, 6.45) is 2.86. The first kappa shape index (κ1) is 12.3. The highest BCUT2D eigenvalue weighted by atomic mass is 32.1. The molecule has 3 nitrogen and oxygen atoms in total. The highest BCUT2D eigenvalue weighted by molar-refractivity contribution is 7.09. The highest BCUT2D eigenvalue weighted by Gasteiger charge is 2.10. The number of hydrogen-bond donors (Lipinski definition) is 1. The van der Waals surface area contributed by atoms with Gasteiger partial charge < -0.3 is 5.73 Å². The molecule has 84 valence electrons. The Hall–Kier alpha value is -0.740. The van der Waals surface area contributed by atoms with Crippen molar-refractivity contribution in [2.45, 2.75) is 45.6 Å². The zero-order chi connectivity index (χ0) is 11.3. The summed E-state index contributed by atoms with van der Waals surface area (Å²) in [6, 6.07) is 0.0160. The lowest BCUT2D eigenvalue weighted by molar-refractivity contribution is -0.118. The van der Waals surface area contributed by atoms with E-state index in [2.05, 4.69) is 11.9 Å². The fourth-order valence-corrected chi connectivity index (χ4v) is 2.14. The molecule has 15 heavy (non-hydrogen) atoms. The summed E-state index contributed by atoms with van der Waals surface area (Å²) in [6.45, 7) is 4.02. The molecule has 0 bridgehead atoms. The third-order valence-corrected chi connectivity index (χ3v) is 3.02. The summed E-state index contributed by atoms with van der Waals surface area (Å²) in [5, 5.41) is 2.95. The molecule has 0 aliphatic heterocycles. The Bertz CT molecular complexity index is 322. The molecule has 0 aliphatic rings. The van der Waals surface area contributed by atoms with E-state index in [1.807, 2.05) is 12.3 Å². The molecule has 1 rings (SSSR count). The van der Waals surface area contributed by atoms with Crippen molar-refractivity contribution in [3.05, 3.63) is 16.1 Å². The van der Waals surface area contributed by atoms with Crippen molar-refractivity contribution in [2.75, 3.05) is 0 Å². The number of hydrogen-bond acceptors (Lipinski definition) is 4. The van der Waals surface area contributed by atoms with E-state index >= 15 is 0 Å². The minimum Gasteiger partial charge on any atom is -0.327 e. The monoisotopic (exact) mass is 226 g/mol. The standard InChI is InChI=1S/C11H18N2OS/c1-3-4-9(12)5-11(14)6-10-7-15-8(2)13-10/h7,9H,3-6,12H2,1-2H3. The predicted molar refractivity (Wildman–Crippen MR) is 63.1 cm³/mol. The second kappa shape index (κ2) is 5.98. The van der Waals surface area contributed by atoms with Gasteiger partial charge in [-0.15, -0.1) is 11.3 Å². The van der Waals surface area contributed by atoms with Crippen LogP contribution in [0.2, 0.25) is 0 Å². The van der Waals surface area contributed by atoms with Gasteiger partial charge in [0.05, 0.1) is 10.7 Å². The van der Waals surface area contributed by atoms with E-state index in [4.69, 9.17) is 5.73 Å². The largest absolute Gasteiger partial charge is 0.327 e. The first-order valence-electron chi connectivity index (χ1n) is 5.30. The fourth-order valence-electron chi connectivity index (χ4n) is 1.53. The Kier molecular flexibility index (Phi) is 4.91. The van der Waals surface area contributed by atoms with Crippen LogP contribution in [-0.4, -0.2) is 16.8 Å². The van der Waals surface area contributed by atoms with E-state index in [0.29, 0.717) is 12.8 Å². The number of rotatable bonds is 6.